The van der Waals surface area contributed by atoms with Gasteiger partial charge in [0.05, 0.1) is 7.11 Å². The first kappa shape index (κ1) is 15.9. The van der Waals surface area contributed by atoms with Crippen molar-refractivity contribution in [2.75, 3.05) is 19.4 Å². The van der Waals surface area contributed by atoms with Crippen LogP contribution in [0.15, 0.2) is 41.0 Å². The summed E-state index contributed by atoms with van der Waals surface area (Å²) < 4.78 is 9.86. The van der Waals surface area contributed by atoms with Crippen molar-refractivity contribution < 1.29 is 9.53 Å². The molecule has 1 atom stereocenters. The first-order valence-corrected chi connectivity index (χ1v) is 8.27. The van der Waals surface area contributed by atoms with E-state index in [1.54, 1.807) is 0 Å². The minimum atomic E-state index is -0.888. The van der Waals surface area contributed by atoms with Crippen LogP contribution in [0.1, 0.15) is 12.5 Å². The lowest BCUT2D eigenvalue weighted by Crippen LogP contribution is -2.52. The molecule has 1 heterocycles. The highest BCUT2D eigenvalue weighted by Gasteiger charge is 2.41. The molecule has 0 spiro atoms. The molecule has 0 fully saturated rings. The Morgan fingerprint density at radius 2 is 2.19 bits per heavy atom. The number of esters is 1. The lowest BCUT2D eigenvalue weighted by molar-refractivity contribution is -0.148. The number of aromatic nitrogens is 2. The van der Waals surface area contributed by atoms with E-state index >= 15 is 0 Å². The number of hydrogen-bond donors (Lipinski definition) is 1. The highest BCUT2D eigenvalue weighted by Crippen LogP contribution is 2.31. The van der Waals surface area contributed by atoms with Crippen molar-refractivity contribution in [2.45, 2.75) is 16.8 Å². The Hall–Kier alpha value is -1.44. The van der Waals surface area contributed by atoms with E-state index < -0.39 is 5.54 Å². The Morgan fingerprint density at radius 1 is 1.43 bits per heavy atom. The van der Waals surface area contributed by atoms with E-state index in [9.17, 15) is 4.79 Å². The summed E-state index contributed by atoms with van der Waals surface area (Å²) in [6, 6.07) is 9.62. The molecule has 1 unspecified atom stereocenters. The molecule has 2 aromatic rings. The predicted octanol–water partition coefficient (Wildman–Crippen LogP) is 2.31. The maximum atomic E-state index is 12.5. The third-order valence-corrected chi connectivity index (χ3v) is 5.00. The molecule has 7 heteroatoms. The molecular weight excluding hydrogens is 306 g/mol. The molecule has 0 saturated heterocycles. The van der Waals surface area contributed by atoms with Gasteiger partial charge < -0.3 is 4.74 Å². The van der Waals surface area contributed by atoms with Crippen LogP contribution in [0.25, 0.3) is 0 Å². The summed E-state index contributed by atoms with van der Waals surface area (Å²) in [5, 5.41) is 3.29. The van der Waals surface area contributed by atoms with Gasteiger partial charge in [0.1, 0.15) is 6.33 Å². The SMILES string of the molecule is CCNC(CSc1ncns1)(C(=O)OC)c1ccccc1. The molecule has 1 N–H and O–H groups in total. The van der Waals surface area contributed by atoms with Gasteiger partial charge in [-0.05, 0) is 23.6 Å². The Balaban J connectivity index is 2.33. The van der Waals surface area contributed by atoms with Crippen molar-refractivity contribution in [3.63, 3.8) is 0 Å². The van der Waals surface area contributed by atoms with E-state index in [-0.39, 0.29) is 5.97 Å². The normalized spacial score (nSPS) is 13.6. The summed E-state index contributed by atoms with van der Waals surface area (Å²) in [6.45, 7) is 2.62. The van der Waals surface area contributed by atoms with Gasteiger partial charge in [-0.15, -0.1) is 0 Å². The summed E-state index contributed by atoms with van der Waals surface area (Å²) >= 11 is 2.81. The first-order valence-electron chi connectivity index (χ1n) is 6.51. The molecular formula is C14H17N3O2S2. The van der Waals surface area contributed by atoms with Crippen LogP contribution in [0, 0.1) is 0 Å². The quantitative estimate of drug-likeness (QED) is 0.623. The van der Waals surface area contributed by atoms with E-state index in [2.05, 4.69) is 14.7 Å². The van der Waals surface area contributed by atoms with Gasteiger partial charge in [0, 0.05) is 5.75 Å². The second-order valence-electron chi connectivity index (χ2n) is 4.29. The summed E-state index contributed by atoms with van der Waals surface area (Å²) in [5.41, 5.74) is -0.00288. The van der Waals surface area contributed by atoms with Crippen LogP contribution in [-0.2, 0) is 15.1 Å². The second-order valence-corrected chi connectivity index (χ2v) is 6.29. The lowest BCUT2D eigenvalue weighted by Gasteiger charge is -2.31. The van der Waals surface area contributed by atoms with Gasteiger partial charge in [0.15, 0.2) is 9.88 Å². The fourth-order valence-electron chi connectivity index (χ4n) is 2.08. The molecule has 5 nitrogen and oxygen atoms in total. The average molecular weight is 323 g/mol. The van der Waals surface area contributed by atoms with E-state index in [4.69, 9.17) is 4.74 Å². The number of thioether (sulfide) groups is 1. The molecule has 0 saturated carbocycles. The molecule has 0 aliphatic heterocycles. The van der Waals surface area contributed by atoms with Gasteiger partial charge in [0.2, 0.25) is 0 Å². The maximum Gasteiger partial charge on any atom is 0.331 e. The second kappa shape index (κ2) is 7.53. The summed E-state index contributed by atoms with van der Waals surface area (Å²) in [7, 11) is 1.41. The first-order chi connectivity index (χ1) is 10.2. The van der Waals surface area contributed by atoms with Gasteiger partial charge in [-0.25, -0.2) is 9.78 Å². The minimum absolute atomic E-state index is 0.299. The number of carbonyl (C=O) groups excluding carboxylic acids is 1. The van der Waals surface area contributed by atoms with E-state index in [0.29, 0.717) is 12.3 Å². The highest BCUT2D eigenvalue weighted by atomic mass is 32.2. The molecule has 0 radical (unpaired) electrons. The van der Waals surface area contributed by atoms with Crippen LogP contribution in [0.5, 0.6) is 0 Å². The molecule has 0 aliphatic carbocycles. The molecule has 1 aromatic heterocycles. The number of benzene rings is 1. The number of carbonyl (C=O) groups is 1. The number of methoxy groups -OCH3 is 1. The zero-order chi connectivity index (χ0) is 15.1. The predicted molar refractivity (Wildman–Crippen MR) is 84.4 cm³/mol. The zero-order valence-electron chi connectivity index (χ0n) is 11.9. The molecule has 21 heavy (non-hydrogen) atoms. The highest BCUT2D eigenvalue weighted by molar-refractivity contribution is 8.01. The maximum absolute atomic E-state index is 12.5. The van der Waals surface area contributed by atoms with Crippen molar-refractivity contribution in [1.82, 2.24) is 14.7 Å². The van der Waals surface area contributed by atoms with Crippen LogP contribution in [0.3, 0.4) is 0 Å². The fourth-order valence-corrected chi connectivity index (χ4v) is 3.72. The van der Waals surface area contributed by atoms with Crippen molar-refractivity contribution in [2.24, 2.45) is 0 Å². The molecule has 2 rings (SSSR count). The fraction of sp³-hybridized carbons (Fsp3) is 0.357. The topological polar surface area (TPSA) is 64.1 Å². The summed E-state index contributed by atoms with van der Waals surface area (Å²) in [6.07, 6.45) is 1.52. The molecule has 0 aliphatic rings. The van der Waals surface area contributed by atoms with Crippen molar-refractivity contribution >= 4 is 29.3 Å². The smallest absolute Gasteiger partial charge is 0.331 e. The number of nitrogens with one attached hydrogen (secondary N) is 1. The van der Waals surface area contributed by atoms with E-state index in [0.717, 1.165) is 9.90 Å². The number of nitrogens with zero attached hydrogens (tertiary/aromatic N) is 2. The molecule has 0 amide bonds. The van der Waals surface area contributed by atoms with E-state index in [1.807, 2.05) is 37.3 Å². The molecule has 0 bridgehead atoms. The van der Waals surface area contributed by atoms with Gasteiger partial charge in [-0.3, -0.25) is 5.32 Å². The third-order valence-electron chi connectivity index (χ3n) is 3.03. The van der Waals surface area contributed by atoms with Crippen molar-refractivity contribution in [3.05, 3.63) is 42.2 Å². The zero-order valence-corrected chi connectivity index (χ0v) is 13.5. The minimum Gasteiger partial charge on any atom is -0.467 e. The van der Waals surface area contributed by atoms with Crippen LogP contribution < -0.4 is 5.32 Å². The van der Waals surface area contributed by atoms with Gasteiger partial charge in [-0.1, -0.05) is 49.0 Å². The Labute approximate surface area is 132 Å². The number of rotatable bonds is 7. The Morgan fingerprint density at radius 3 is 2.76 bits per heavy atom. The summed E-state index contributed by atoms with van der Waals surface area (Å²) in [4.78, 5) is 16.6. The van der Waals surface area contributed by atoms with Crippen LogP contribution in [-0.4, -0.2) is 34.7 Å². The van der Waals surface area contributed by atoms with Crippen LogP contribution in [0.2, 0.25) is 0 Å². The Bertz CT molecular complexity index is 563. The lowest BCUT2D eigenvalue weighted by atomic mass is 9.91. The molecule has 112 valence electrons. The van der Waals surface area contributed by atoms with Crippen molar-refractivity contribution in [3.8, 4) is 0 Å². The Kier molecular flexibility index (Phi) is 5.72. The average Bonchev–Trinajstić information content (AvgIpc) is 3.05. The van der Waals surface area contributed by atoms with Gasteiger partial charge in [-0.2, -0.15) is 4.37 Å². The van der Waals surface area contributed by atoms with E-state index in [1.165, 1.54) is 36.7 Å². The third kappa shape index (κ3) is 3.61. The standard InChI is InChI=1S/C14H17N3O2S2/c1-3-16-14(12(18)19-2,11-7-5-4-6-8-11)9-20-13-15-10-17-21-13/h4-8,10,16H,3,9H2,1-2H3. The van der Waals surface area contributed by atoms with Crippen LogP contribution >= 0.6 is 23.3 Å². The van der Waals surface area contributed by atoms with Gasteiger partial charge >= 0.3 is 5.97 Å². The van der Waals surface area contributed by atoms with Crippen LogP contribution in [0.4, 0.5) is 0 Å². The number of likely N-dealkylation sites (N-methyl/N-ethyl adjacent to an activating group) is 1. The molecule has 1 aromatic carbocycles. The monoisotopic (exact) mass is 323 g/mol. The summed E-state index contributed by atoms with van der Waals surface area (Å²) in [5.74, 6) is 0.194. The number of ether oxygens (including phenoxy) is 1. The van der Waals surface area contributed by atoms with Crippen molar-refractivity contribution in [1.29, 1.82) is 0 Å². The van der Waals surface area contributed by atoms with Gasteiger partial charge in [0.25, 0.3) is 0 Å². The largest absolute Gasteiger partial charge is 0.467 e. The number of hydrogen-bond acceptors (Lipinski definition) is 7.